The van der Waals surface area contributed by atoms with Crippen molar-refractivity contribution in [2.24, 2.45) is 5.73 Å². The molecular formula is C16H16ClN3O5S. The zero-order chi connectivity index (χ0) is 19.3. The average Bonchev–Trinajstić information content (AvgIpc) is 2.56. The fraction of sp³-hybridized carbons (Fsp3) is 0.125. The number of hydrogen-bond donors (Lipinski definition) is 3. The van der Waals surface area contributed by atoms with Crippen molar-refractivity contribution in [1.29, 1.82) is 0 Å². The second-order valence-electron chi connectivity index (χ2n) is 5.05. The smallest absolute Gasteiger partial charge is 0.323 e. The zero-order valence-corrected chi connectivity index (χ0v) is 15.2. The molecule has 10 heteroatoms. The molecule has 0 fully saturated rings. The summed E-state index contributed by atoms with van der Waals surface area (Å²) in [7, 11) is 1.37. The number of carbonyl (C=O) groups is 2. The van der Waals surface area contributed by atoms with E-state index in [1.54, 1.807) is 6.92 Å². The summed E-state index contributed by atoms with van der Waals surface area (Å²) < 4.78 is 28.3. The van der Waals surface area contributed by atoms with Crippen LogP contribution in [-0.4, -0.2) is 27.0 Å². The molecule has 138 valence electrons. The highest BCUT2D eigenvalue weighted by Crippen LogP contribution is 2.29. The Kier molecular flexibility index (Phi) is 6.06. The lowest BCUT2D eigenvalue weighted by molar-refractivity contribution is 0.100. The normalized spacial score (nSPS) is 10.8. The van der Waals surface area contributed by atoms with Gasteiger partial charge in [-0.25, -0.2) is 13.2 Å². The van der Waals surface area contributed by atoms with Crippen LogP contribution in [0.1, 0.15) is 17.3 Å². The van der Waals surface area contributed by atoms with Crippen molar-refractivity contribution in [2.75, 3.05) is 17.2 Å². The predicted molar refractivity (Wildman–Crippen MR) is 98.3 cm³/mol. The second kappa shape index (κ2) is 8.07. The summed E-state index contributed by atoms with van der Waals surface area (Å²) >= 11 is 0. The molecule has 3 amide bonds. The minimum atomic E-state index is -3.96. The predicted octanol–water partition coefficient (Wildman–Crippen LogP) is 2.76. The maximum Gasteiger partial charge on any atom is 0.323 e. The summed E-state index contributed by atoms with van der Waals surface area (Å²) in [5.41, 5.74) is 6.00. The highest BCUT2D eigenvalue weighted by atomic mass is 35.7. The molecule has 2 aromatic carbocycles. The van der Waals surface area contributed by atoms with Crippen molar-refractivity contribution in [2.45, 2.75) is 11.8 Å². The molecule has 0 aliphatic carbocycles. The number of ether oxygens (including phenoxy) is 1. The maximum atomic E-state index is 12.2. The Morgan fingerprint density at radius 3 is 2.31 bits per heavy atom. The van der Waals surface area contributed by atoms with Crippen LogP contribution in [0.2, 0.25) is 0 Å². The number of nitrogens with two attached hydrogens (primary N) is 1. The number of rotatable bonds is 6. The van der Waals surface area contributed by atoms with Gasteiger partial charge in [0.25, 0.3) is 9.05 Å². The lowest BCUT2D eigenvalue weighted by Crippen LogP contribution is -2.20. The van der Waals surface area contributed by atoms with Gasteiger partial charge in [0, 0.05) is 21.9 Å². The van der Waals surface area contributed by atoms with Gasteiger partial charge in [0.1, 0.15) is 5.75 Å². The number of amides is 3. The van der Waals surface area contributed by atoms with Crippen LogP contribution in [0.3, 0.4) is 0 Å². The third kappa shape index (κ3) is 5.11. The highest BCUT2D eigenvalue weighted by molar-refractivity contribution is 8.13. The molecule has 0 radical (unpaired) electrons. The Bertz CT molecular complexity index is 929. The molecule has 0 aromatic heterocycles. The lowest BCUT2D eigenvalue weighted by Gasteiger charge is -2.13. The molecule has 26 heavy (non-hydrogen) atoms. The van der Waals surface area contributed by atoms with E-state index in [9.17, 15) is 18.0 Å². The van der Waals surface area contributed by atoms with Gasteiger partial charge in [0.2, 0.25) is 5.91 Å². The van der Waals surface area contributed by atoms with Gasteiger partial charge in [-0.05, 0) is 49.4 Å². The number of carbonyl (C=O) groups excluding carboxylic acids is 2. The largest absolute Gasteiger partial charge is 0.492 e. The summed E-state index contributed by atoms with van der Waals surface area (Å²) in [6.45, 7) is 2.06. The monoisotopic (exact) mass is 397 g/mol. The highest BCUT2D eigenvalue weighted by Gasteiger charge is 2.15. The molecule has 0 bridgehead atoms. The first kappa shape index (κ1) is 19.5. The average molecular weight is 398 g/mol. The molecule has 0 aliphatic rings. The van der Waals surface area contributed by atoms with Gasteiger partial charge in [0.05, 0.1) is 17.2 Å². The topological polar surface area (TPSA) is 128 Å². The van der Waals surface area contributed by atoms with E-state index in [-0.39, 0.29) is 16.3 Å². The number of benzene rings is 2. The molecule has 0 heterocycles. The van der Waals surface area contributed by atoms with Crippen LogP contribution in [0, 0.1) is 0 Å². The van der Waals surface area contributed by atoms with Gasteiger partial charge in [-0.15, -0.1) is 0 Å². The van der Waals surface area contributed by atoms with E-state index in [0.717, 1.165) is 0 Å². The molecule has 0 saturated carbocycles. The molecule has 0 aliphatic heterocycles. The van der Waals surface area contributed by atoms with E-state index < -0.39 is 21.0 Å². The van der Waals surface area contributed by atoms with Crippen LogP contribution in [-0.2, 0) is 9.05 Å². The Labute approximate surface area is 154 Å². The molecular weight excluding hydrogens is 382 g/mol. The minimum Gasteiger partial charge on any atom is -0.492 e. The van der Waals surface area contributed by atoms with Crippen molar-refractivity contribution in [3.8, 4) is 5.75 Å². The van der Waals surface area contributed by atoms with Gasteiger partial charge in [-0.1, -0.05) is 0 Å². The van der Waals surface area contributed by atoms with Gasteiger partial charge in [-0.3, -0.25) is 4.79 Å². The number of hydrogen-bond acceptors (Lipinski definition) is 5. The van der Waals surface area contributed by atoms with Gasteiger partial charge >= 0.3 is 6.03 Å². The Morgan fingerprint density at radius 1 is 1.12 bits per heavy atom. The van der Waals surface area contributed by atoms with E-state index in [0.29, 0.717) is 17.9 Å². The number of nitrogens with one attached hydrogen (secondary N) is 2. The van der Waals surface area contributed by atoms with E-state index in [1.165, 1.54) is 42.5 Å². The van der Waals surface area contributed by atoms with Crippen molar-refractivity contribution < 1.29 is 22.7 Å². The molecule has 4 N–H and O–H groups in total. The Balaban J connectivity index is 2.19. The van der Waals surface area contributed by atoms with Gasteiger partial charge in [-0.2, -0.15) is 0 Å². The zero-order valence-electron chi connectivity index (χ0n) is 13.7. The van der Waals surface area contributed by atoms with Gasteiger partial charge < -0.3 is 21.1 Å². The quantitative estimate of drug-likeness (QED) is 0.645. The first-order valence-electron chi connectivity index (χ1n) is 7.40. The first-order chi connectivity index (χ1) is 12.2. The Morgan fingerprint density at radius 2 is 1.77 bits per heavy atom. The van der Waals surface area contributed by atoms with Crippen LogP contribution in [0.25, 0.3) is 0 Å². The minimum absolute atomic E-state index is 0.139. The fourth-order valence-corrected chi connectivity index (χ4v) is 2.82. The SMILES string of the molecule is CCOc1ccc(S(=O)(=O)Cl)cc1NC(=O)Nc1ccc(C(N)=O)cc1. The van der Waals surface area contributed by atoms with Crippen molar-refractivity contribution in [3.63, 3.8) is 0 Å². The van der Waals surface area contributed by atoms with Crippen LogP contribution < -0.4 is 21.1 Å². The summed E-state index contributed by atoms with van der Waals surface area (Å²) in [5, 5.41) is 5.05. The standard InChI is InChI=1S/C16H16ClN3O5S/c1-2-25-14-8-7-12(26(17,23)24)9-13(14)20-16(22)19-11-5-3-10(4-6-11)15(18)21/h3-9H,2H2,1H3,(H2,18,21)(H2,19,20,22). The summed E-state index contributed by atoms with van der Waals surface area (Å²) in [5.74, 6) is -0.294. The van der Waals surface area contributed by atoms with Crippen LogP contribution in [0.4, 0.5) is 16.2 Å². The molecule has 0 atom stereocenters. The van der Waals surface area contributed by atoms with Crippen LogP contribution in [0.5, 0.6) is 5.75 Å². The summed E-state index contributed by atoms with van der Waals surface area (Å²) in [4.78, 5) is 23.0. The van der Waals surface area contributed by atoms with Crippen molar-refractivity contribution in [3.05, 3.63) is 48.0 Å². The lowest BCUT2D eigenvalue weighted by atomic mass is 10.2. The number of anilines is 2. The molecule has 0 unspecified atom stereocenters. The van der Waals surface area contributed by atoms with E-state index in [1.807, 2.05) is 0 Å². The Hall–Kier alpha value is -2.78. The van der Waals surface area contributed by atoms with Crippen molar-refractivity contribution >= 4 is 43.0 Å². The van der Waals surface area contributed by atoms with Crippen molar-refractivity contribution in [1.82, 2.24) is 0 Å². The summed E-state index contributed by atoms with van der Waals surface area (Å²) in [6, 6.07) is 9.17. The molecule has 0 spiro atoms. The van der Waals surface area contributed by atoms with Gasteiger partial charge in [0.15, 0.2) is 0 Å². The van der Waals surface area contributed by atoms with Crippen LogP contribution >= 0.6 is 10.7 Å². The van der Waals surface area contributed by atoms with E-state index in [2.05, 4.69) is 10.6 Å². The number of halogens is 1. The summed E-state index contributed by atoms with van der Waals surface area (Å²) in [6.07, 6.45) is 0. The van der Waals surface area contributed by atoms with E-state index >= 15 is 0 Å². The first-order valence-corrected chi connectivity index (χ1v) is 9.71. The van der Waals surface area contributed by atoms with Crippen LogP contribution in [0.15, 0.2) is 47.4 Å². The molecule has 8 nitrogen and oxygen atoms in total. The molecule has 2 rings (SSSR count). The second-order valence-corrected chi connectivity index (χ2v) is 7.62. The third-order valence-corrected chi connectivity index (χ3v) is 4.56. The third-order valence-electron chi connectivity index (χ3n) is 3.21. The number of primary amides is 1. The molecule has 0 saturated heterocycles. The number of urea groups is 1. The molecule has 2 aromatic rings. The fourth-order valence-electron chi connectivity index (χ4n) is 2.04. The van der Waals surface area contributed by atoms with E-state index in [4.69, 9.17) is 21.2 Å². The maximum absolute atomic E-state index is 12.2.